The molecule has 0 amide bonds. The molecule has 0 aromatic rings. The summed E-state index contributed by atoms with van der Waals surface area (Å²) in [6, 6.07) is 0. The lowest BCUT2D eigenvalue weighted by Gasteiger charge is -2.26. The van der Waals surface area contributed by atoms with Crippen LogP contribution in [-0.2, 0) is 14.3 Å². The fourth-order valence-corrected chi connectivity index (χ4v) is 3.03. The van der Waals surface area contributed by atoms with Gasteiger partial charge >= 0.3 is 5.97 Å². The molecular formula is C10H17NO3S. The van der Waals surface area contributed by atoms with Gasteiger partial charge < -0.3 is 10.5 Å². The van der Waals surface area contributed by atoms with E-state index in [4.69, 9.17) is 5.73 Å². The molecular weight excluding hydrogens is 214 g/mol. The van der Waals surface area contributed by atoms with Gasteiger partial charge in [0.25, 0.3) is 0 Å². The standard InChI is InChI=1S/C10H17NO3S/c1-14-10(13)9(8(12)6-11)7-2-4-15-5-3-7/h7,9H,2-6,11H2,1H3. The molecule has 0 aromatic heterocycles. The largest absolute Gasteiger partial charge is 0.468 e. The molecule has 1 fully saturated rings. The maximum Gasteiger partial charge on any atom is 0.316 e. The van der Waals surface area contributed by atoms with Gasteiger partial charge in [0.15, 0.2) is 5.78 Å². The molecule has 86 valence electrons. The Kier molecular flexibility index (Phi) is 5.11. The summed E-state index contributed by atoms with van der Waals surface area (Å²) in [5.74, 6) is 0.878. The van der Waals surface area contributed by atoms with E-state index < -0.39 is 11.9 Å². The van der Waals surface area contributed by atoms with E-state index in [-0.39, 0.29) is 18.2 Å². The third kappa shape index (κ3) is 3.21. The number of carbonyl (C=O) groups excluding carboxylic acids is 2. The maximum atomic E-state index is 11.6. The lowest BCUT2D eigenvalue weighted by atomic mass is 9.84. The number of ether oxygens (including phenoxy) is 1. The van der Waals surface area contributed by atoms with Crippen LogP contribution in [0.15, 0.2) is 0 Å². The molecule has 0 aliphatic carbocycles. The molecule has 0 radical (unpaired) electrons. The van der Waals surface area contributed by atoms with Gasteiger partial charge in [-0.25, -0.2) is 0 Å². The number of methoxy groups -OCH3 is 1. The van der Waals surface area contributed by atoms with E-state index in [1.54, 1.807) is 0 Å². The van der Waals surface area contributed by atoms with Crippen LogP contribution in [0.4, 0.5) is 0 Å². The predicted molar refractivity (Wildman–Crippen MR) is 59.6 cm³/mol. The Morgan fingerprint density at radius 2 is 2.07 bits per heavy atom. The highest BCUT2D eigenvalue weighted by Crippen LogP contribution is 2.30. The number of Topliss-reactive ketones (excluding diaryl/α,β-unsaturated/α-hetero) is 1. The Hall–Kier alpha value is -0.550. The Labute approximate surface area is 93.9 Å². The van der Waals surface area contributed by atoms with Crippen molar-refractivity contribution in [3.05, 3.63) is 0 Å². The average Bonchev–Trinajstić information content (AvgIpc) is 2.30. The minimum absolute atomic E-state index is 0.0800. The van der Waals surface area contributed by atoms with Gasteiger partial charge in [-0.05, 0) is 30.3 Å². The van der Waals surface area contributed by atoms with Crippen LogP contribution in [0.1, 0.15) is 12.8 Å². The van der Waals surface area contributed by atoms with Crippen LogP contribution >= 0.6 is 11.8 Å². The molecule has 1 heterocycles. The van der Waals surface area contributed by atoms with Gasteiger partial charge in [0.05, 0.1) is 13.7 Å². The van der Waals surface area contributed by atoms with Gasteiger partial charge in [-0.2, -0.15) is 11.8 Å². The van der Waals surface area contributed by atoms with E-state index >= 15 is 0 Å². The zero-order chi connectivity index (χ0) is 11.3. The second-order valence-electron chi connectivity index (χ2n) is 3.62. The zero-order valence-corrected chi connectivity index (χ0v) is 9.72. The van der Waals surface area contributed by atoms with Crippen LogP contribution in [0.5, 0.6) is 0 Å². The fraction of sp³-hybridized carbons (Fsp3) is 0.800. The number of nitrogens with two attached hydrogens (primary N) is 1. The molecule has 1 unspecified atom stereocenters. The van der Waals surface area contributed by atoms with Crippen molar-refractivity contribution in [2.75, 3.05) is 25.2 Å². The second kappa shape index (κ2) is 6.12. The van der Waals surface area contributed by atoms with Crippen molar-refractivity contribution in [2.45, 2.75) is 12.8 Å². The summed E-state index contributed by atoms with van der Waals surface area (Å²) in [4.78, 5) is 23.1. The molecule has 0 aromatic carbocycles. The smallest absolute Gasteiger partial charge is 0.316 e. The van der Waals surface area contributed by atoms with Crippen LogP contribution in [0.2, 0.25) is 0 Å². The summed E-state index contributed by atoms with van der Waals surface area (Å²) in [6.07, 6.45) is 1.80. The molecule has 2 N–H and O–H groups in total. The Bertz CT molecular complexity index is 223. The lowest BCUT2D eigenvalue weighted by Crippen LogP contribution is -2.37. The van der Waals surface area contributed by atoms with Gasteiger partial charge in [0.1, 0.15) is 5.92 Å². The topological polar surface area (TPSA) is 69.4 Å². The minimum Gasteiger partial charge on any atom is -0.468 e. The first-order chi connectivity index (χ1) is 7.20. The number of hydrogen-bond acceptors (Lipinski definition) is 5. The molecule has 1 saturated heterocycles. The van der Waals surface area contributed by atoms with Crippen molar-refractivity contribution in [3.63, 3.8) is 0 Å². The van der Waals surface area contributed by atoms with Crippen LogP contribution in [-0.4, -0.2) is 36.9 Å². The van der Waals surface area contributed by atoms with E-state index in [1.165, 1.54) is 7.11 Å². The van der Waals surface area contributed by atoms with Gasteiger partial charge in [-0.15, -0.1) is 0 Å². The van der Waals surface area contributed by atoms with Crippen molar-refractivity contribution in [1.82, 2.24) is 0 Å². The van der Waals surface area contributed by atoms with Crippen molar-refractivity contribution < 1.29 is 14.3 Å². The number of esters is 1. The Morgan fingerprint density at radius 3 is 2.53 bits per heavy atom. The van der Waals surface area contributed by atoms with Gasteiger partial charge in [0, 0.05) is 0 Å². The van der Waals surface area contributed by atoms with Gasteiger partial charge in [0.2, 0.25) is 0 Å². The molecule has 4 nitrogen and oxygen atoms in total. The average molecular weight is 231 g/mol. The number of carbonyl (C=O) groups is 2. The van der Waals surface area contributed by atoms with E-state index in [0.717, 1.165) is 24.3 Å². The summed E-state index contributed by atoms with van der Waals surface area (Å²) in [5, 5.41) is 0. The highest BCUT2D eigenvalue weighted by atomic mass is 32.2. The van der Waals surface area contributed by atoms with Crippen LogP contribution in [0.3, 0.4) is 0 Å². The van der Waals surface area contributed by atoms with E-state index in [2.05, 4.69) is 4.74 Å². The first-order valence-corrected chi connectivity index (χ1v) is 6.24. The lowest BCUT2D eigenvalue weighted by molar-refractivity contribution is -0.151. The van der Waals surface area contributed by atoms with Crippen molar-refractivity contribution >= 4 is 23.5 Å². The summed E-state index contributed by atoms with van der Waals surface area (Å²) in [7, 11) is 1.32. The molecule has 15 heavy (non-hydrogen) atoms. The van der Waals surface area contributed by atoms with Crippen molar-refractivity contribution in [1.29, 1.82) is 0 Å². The summed E-state index contributed by atoms with van der Waals surface area (Å²) >= 11 is 1.86. The fourth-order valence-electron chi connectivity index (χ4n) is 1.89. The van der Waals surface area contributed by atoms with Crippen LogP contribution in [0, 0.1) is 11.8 Å². The Morgan fingerprint density at radius 1 is 1.47 bits per heavy atom. The third-order valence-corrected chi connectivity index (χ3v) is 3.79. The summed E-state index contributed by atoms with van der Waals surface area (Å²) in [6.45, 7) is -0.0800. The number of hydrogen-bond donors (Lipinski definition) is 1. The van der Waals surface area contributed by atoms with Crippen molar-refractivity contribution in [3.8, 4) is 0 Å². The molecule has 1 aliphatic rings. The highest BCUT2D eigenvalue weighted by Gasteiger charge is 2.35. The Balaban J connectivity index is 2.69. The van der Waals surface area contributed by atoms with Crippen LogP contribution in [0.25, 0.3) is 0 Å². The SMILES string of the molecule is COC(=O)C(C(=O)CN)C1CCSCC1. The van der Waals surface area contributed by atoms with Gasteiger partial charge in [-0.3, -0.25) is 9.59 Å². The zero-order valence-electron chi connectivity index (χ0n) is 8.90. The van der Waals surface area contributed by atoms with E-state index in [9.17, 15) is 9.59 Å². The highest BCUT2D eigenvalue weighted by molar-refractivity contribution is 7.99. The van der Waals surface area contributed by atoms with E-state index in [1.807, 2.05) is 11.8 Å². The molecule has 0 bridgehead atoms. The van der Waals surface area contributed by atoms with Crippen LogP contribution < -0.4 is 5.73 Å². The van der Waals surface area contributed by atoms with E-state index in [0.29, 0.717) is 0 Å². The number of thioether (sulfide) groups is 1. The maximum absolute atomic E-state index is 11.6. The van der Waals surface area contributed by atoms with Gasteiger partial charge in [-0.1, -0.05) is 0 Å². The normalized spacial score (nSPS) is 19.6. The molecule has 0 spiro atoms. The number of ketones is 1. The first-order valence-electron chi connectivity index (χ1n) is 5.09. The first kappa shape index (κ1) is 12.5. The minimum atomic E-state index is -0.638. The number of rotatable bonds is 4. The quantitative estimate of drug-likeness (QED) is 0.562. The third-order valence-electron chi connectivity index (χ3n) is 2.74. The monoisotopic (exact) mass is 231 g/mol. The molecule has 5 heteroatoms. The molecule has 1 aliphatic heterocycles. The molecule has 1 rings (SSSR count). The molecule has 1 atom stereocenters. The molecule has 0 saturated carbocycles. The summed E-state index contributed by atoms with van der Waals surface area (Å²) < 4.78 is 4.67. The van der Waals surface area contributed by atoms with Crippen molar-refractivity contribution in [2.24, 2.45) is 17.6 Å². The predicted octanol–water partition coefficient (Wildman–Crippen LogP) is 0.447. The second-order valence-corrected chi connectivity index (χ2v) is 4.85. The summed E-state index contributed by atoms with van der Waals surface area (Å²) in [5.41, 5.74) is 5.31.